The van der Waals surface area contributed by atoms with Crippen molar-refractivity contribution in [1.82, 2.24) is 9.97 Å². The molecule has 4 rings (SSSR count). The molecule has 0 amide bonds. The third kappa shape index (κ3) is 3.68. The standard InChI is InChI=1S/C22H19ClN2OS/c1-13(2)15-6-8-16(9-7-15)18-12-27-22-20(18)21(26)24-19(25-22)11-14-4-3-5-17(23)10-14/h3-10,12-13H,11H2,1-2H3,(H,24,25,26). The smallest absolute Gasteiger partial charge is 0.260 e. The molecule has 0 bridgehead atoms. The van der Waals surface area contributed by atoms with E-state index in [-0.39, 0.29) is 5.56 Å². The zero-order chi connectivity index (χ0) is 19.0. The Bertz CT molecular complexity index is 1160. The van der Waals surface area contributed by atoms with Gasteiger partial charge in [-0.15, -0.1) is 11.3 Å². The molecule has 4 aromatic rings. The summed E-state index contributed by atoms with van der Waals surface area (Å²) in [6, 6.07) is 16.0. The topological polar surface area (TPSA) is 45.8 Å². The number of hydrogen-bond acceptors (Lipinski definition) is 3. The molecule has 0 aliphatic heterocycles. The summed E-state index contributed by atoms with van der Waals surface area (Å²) >= 11 is 7.55. The van der Waals surface area contributed by atoms with Crippen molar-refractivity contribution in [2.75, 3.05) is 0 Å². The van der Waals surface area contributed by atoms with Gasteiger partial charge in [0.2, 0.25) is 0 Å². The molecule has 1 N–H and O–H groups in total. The fourth-order valence-electron chi connectivity index (χ4n) is 3.18. The summed E-state index contributed by atoms with van der Waals surface area (Å²) in [5, 5.41) is 3.35. The molecule has 0 fully saturated rings. The molecule has 5 heteroatoms. The maximum absolute atomic E-state index is 12.8. The Morgan fingerprint density at radius 3 is 2.63 bits per heavy atom. The van der Waals surface area contributed by atoms with Gasteiger partial charge in [-0.3, -0.25) is 4.79 Å². The zero-order valence-electron chi connectivity index (χ0n) is 15.1. The molecule has 3 nitrogen and oxygen atoms in total. The summed E-state index contributed by atoms with van der Waals surface area (Å²) in [6.45, 7) is 4.34. The third-order valence-corrected chi connectivity index (χ3v) is 5.75. The fourth-order valence-corrected chi connectivity index (χ4v) is 4.36. The molecular formula is C22H19ClN2OS. The lowest BCUT2D eigenvalue weighted by molar-refractivity contribution is 0.867. The molecule has 0 saturated heterocycles. The first-order valence-electron chi connectivity index (χ1n) is 8.86. The highest BCUT2D eigenvalue weighted by atomic mass is 35.5. The number of aromatic amines is 1. The minimum Gasteiger partial charge on any atom is -0.310 e. The summed E-state index contributed by atoms with van der Waals surface area (Å²) in [5.74, 6) is 1.13. The number of aromatic nitrogens is 2. The Hall–Kier alpha value is -2.43. The monoisotopic (exact) mass is 394 g/mol. The van der Waals surface area contributed by atoms with Gasteiger partial charge in [0, 0.05) is 22.4 Å². The lowest BCUT2D eigenvalue weighted by atomic mass is 9.99. The number of nitrogens with one attached hydrogen (secondary N) is 1. The highest BCUT2D eigenvalue weighted by molar-refractivity contribution is 7.17. The van der Waals surface area contributed by atoms with Crippen molar-refractivity contribution in [3.63, 3.8) is 0 Å². The third-order valence-electron chi connectivity index (χ3n) is 4.64. The first-order chi connectivity index (χ1) is 13.0. The van der Waals surface area contributed by atoms with Crippen LogP contribution in [-0.2, 0) is 6.42 Å². The number of H-pyrrole nitrogens is 1. The Labute approximate surface area is 166 Å². The highest BCUT2D eigenvalue weighted by Crippen LogP contribution is 2.31. The molecule has 0 unspecified atom stereocenters. The summed E-state index contributed by atoms with van der Waals surface area (Å²) < 4.78 is 0. The number of rotatable bonds is 4. The van der Waals surface area contributed by atoms with Crippen LogP contribution in [0.1, 0.15) is 36.7 Å². The van der Waals surface area contributed by atoms with E-state index < -0.39 is 0 Å². The number of fused-ring (bicyclic) bond motifs is 1. The van der Waals surface area contributed by atoms with E-state index in [2.05, 4.69) is 48.1 Å². The lowest BCUT2D eigenvalue weighted by Crippen LogP contribution is -2.11. The Kier molecular flexibility index (Phi) is 4.85. The number of nitrogens with zero attached hydrogens (tertiary/aromatic N) is 1. The van der Waals surface area contributed by atoms with E-state index in [9.17, 15) is 4.79 Å². The van der Waals surface area contributed by atoms with Crippen LogP contribution in [-0.4, -0.2) is 9.97 Å². The first kappa shape index (κ1) is 18.0. The van der Waals surface area contributed by atoms with E-state index in [4.69, 9.17) is 11.6 Å². The fraction of sp³-hybridized carbons (Fsp3) is 0.182. The van der Waals surface area contributed by atoms with Crippen molar-refractivity contribution in [2.45, 2.75) is 26.2 Å². The molecule has 2 aromatic heterocycles. The molecule has 27 heavy (non-hydrogen) atoms. The second-order valence-corrected chi connectivity index (χ2v) is 8.22. The lowest BCUT2D eigenvalue weighted by Gasteiger charge is -2.06. The number of thiophene rings is 1. The van der Waals surface area contributed by atoms with Gasteiger partial charge in [0.15, 0.2) is 0 Å². The van der Waals surface area contributed by atoms with Gasteiger partial charge < -0.3 is 4.98 Å². The number of halogens is 1. The van der Waals surface area contributed by atoms with Crippen LogP contribution in [0, 0.1) is 0 Å². The van der Waals surface area contributed by atoms with Gasteiger partial charge in [-0.2, -0.15) is 0 Å². The maximum atomic E-state index is 12.8. The quantitative estimate of drug-likeness (QED) is 0.460. The summed E-state index contributed by atoms with van der Waals surface area (Å²) in [6.07, 6.45) is 0.544. The van der Waals surface area contributed by atoms with Crippen molar-refractivity contribution in [2.24, 2.45) is 0 Å². The molecule has 0 saturated carbocycles. The van der Waals surface area contributed by atoms with Gasteiger partial charge in [0.05, 0.1) is 5.39 Å². The second kappa shape index (κ2) is 7.29. The molecule has 0 aliphatic rings. The van der Waals surface area contributed by atoms with E-state index in [1.807, 2.05) is 29.6 Å². The Morgan fingerprint density at radius 1 is 1.15 bits per heavy atom. The van der Waals surface area contributed by atoms with Gasteiger partial charge in [0.1, 0.15) is 10.7 Å². The molecule has 0 radical (unpaired) electrons. The molecule has 136 valence electrons. The Balaban J connectivity index is 1.72. The highest BCUT2D eigenvalue weighted by Gasteiger charge is 2.13. The average Bonchev–Trinajstić information content (AvgIpc) is 3.06. The largest absolute Gasteiger partial charge is 0.310 e. The van der Waals surface area contributed by atoms with Crippen LogP contribution in [0.3, 0.4) is 0 Å². The van der Waals surface area contributed by atoms with Crippen LogP contribution in [0.5, 0.6) is 0 Å². The van der Waals surface area contributed by atoms with Gasteiger partial charge >= 0.3 is 0 Å². The normalized spacial score (nSPS) is 11.4. The molecular weight excluding hydrogens is 376 g/mol. The molecule has 0 aliphatic carbocycles. The van der Waals surface area contributed by atoms with Crippen molar-refractivity contribution in [3.8, 4) is 11.1 Å². The summed E-state index contributed by atoms with van der Waals surface area (Å²) in [4.78, 5) is 21.1. The van der Waals surface area contributed by atoms with Gasteiger partial charge in [-0.05, 0) is 34.7 Å². The van der Waals surface area contributed by atoms with Gasteiger partial charge in [0.25, 0.3) is 5.56 Å². The average molecular weight is 395 g/mol. The van der Waals surface area contributed by atoms with Gasteiger partial charge in [-0.25, -0.2) is 4.98 Å². The SMILES string of the molecule is CC(C)c1ccc(-c2csc3nc(Cc4cccc(Cl)c4)[nH]c(=O)c23)cc1. The summed E-state index contributed by atoms with van der Waals surface area (Å²) in [5.41, 5.74) is 4.19. The van der Waals surface area contributed by atoms with Crippen molar-refractivity contribution >= 4 is 33.2 Å². The second-order valence-electron chi connectivity index (χ2n) is 6.93. The minimum absolute atomic E-state index is 0.0961. The van der Waals surface area contributed by atoms with E-state index in [0.29, 0.717) is 28.6 Å². The van der Waals surface area contributed by atoms with E-state index in [0.717, 1.165) is 21.5 Å². The van der Waals surface area contributed by atoms with E-state index in [1.54, 1.807) is 0 Å². The van der Waals surface area contributed by atoms with E-state index >= 15 is 0 Å². The predicted octanol–water partition coefficient (Wildman–Crippen LogP) is 6.02. The summed E-state index contributed by atoms with van der Waals surface area (Å²) in [7, 11) is 0. The van der Waals surface area contributed by atoms with Crippen molar-refractivity contribution < 1.29 is 0 Å². The Morgan fingerprint density at radius 2 is 1.93 bits per heavy atom. The molecule has 2 heterocycles. The van der Waals surface area contributed by atoms with Crippen LogP contribution in [0.15, 0.2) is 58.7 Å². The van der Waals surface area contributed by atoms with E-state index in [1.165, 1.54) is 16.9 Å². The molecule has 0 spiro atoms. The zero-order valence-corrected chi connectivity index (χ0v) is 16.7. The van der Waals surface area contributed by atoms with Crippen LogP contribution >= 0.6 is 22.9 Å². The number of hydrogen-bond donors (Lipinski definition) is 1. The minimum atomic E-state index is -0.0961. The van der Waals surface area contributed by atoms with Crippen LogP contribution in [0.2, 0.25) is 5.02 Å². The maximum Gasteiger partial charge on any atom is 0.260 e. The van der Waals surface area contributed by atoms with Crippen LogP contribution in [0.25, 0.3) is 21.3 Å². The molecule has 2 aromatic carbocycles. The molecule has 0 atom stereocenters. The van der Waals surface area contributed by atoms with Crippen molar-refractivity contribution in [1.29, 1.82) is 0 Å². The van der Waals surface area contributed by atoms with Crippen LogP contribution < -0.4 is 5.56 Å². The van der Waals surface area contributed by atoms with Crippen molar-refractivity contribution in [3.05, 3.63) is 86.2 Å². The number of benzene rings is 2. The predicted molar refractivity (Wildman–Crippen MR) is 114 cm³/mol. The first-order valence-corrected chi connectivity index (χ1v) is 10.1. The van der Waals surface area contributed by atoms with Crippen LogP contribution in [0.4, 0.5) is 0 Å². The van der Waals surface area contributed by atoms with Gasteiger partial charge in [-0.1, -0.05) is 61.8 Å².